The number of rotatable bonds is 2. The number of carbonyl (C=O) groups is 2. The lowest BCUT2D eigenvalue weighted by Crippen LogP contribution is -2.27. The minimum Gasteiger partial charge on any atom is -0.470 e. The van der Waals surface area contributed by atoms with Crippen LogP contribution in [0.1, 0.15) is 0 Å². The second-order valence-electron chi connectivity index (χ2n) is 1.33. The van der Waals surface area contributed by atoms with Gasteiger partial charge in [0, 0.05) is 0 Å². The molecule has 0 aromatic rings. The van der Waals surface area contributed by atoms with Crippen LogP contribution in [-0.2, 0) is 18.9 Å². The summed E-state index contributed by atoms with van der Waals surface area (Å²) < 4.78 is 50.4. The second-order valence-corrected chi connectivity index (χ2v) is 1.33. The number of halogens is 4. The van der Waals surface area contributed by atoms with Crippen molar-refractivity contribution in [1.29, 1.82) is 0 Å². The Bertz CT molecular complexity index is 164. The lowest BCUT2D eigenvalue weighted by Gasteiger charge is -1.99. The van der Waals surface area contributed by atoms with Crippen molar-refractivity contribution in [2.24, 2.45) is 0 Å². The van der Waals surface area contributed by atoms with Gasteiger partial charge in [0.05, 0.1) is 0 Å². The first kappa shape index (κ1) is 10.8. The first-order valence-corrected chi connectivity index (χ1v) is 2.41. The zero-order chi connectivity index (χ0) is 9.72. The predicted molar refractivity (Wildman–Crippen MR) is 28.1 cm³/mol. The van der Waals surface area contributed by atoms with E-state index in [1.54, 1.807) is 0 Å². The highest BCUT2D eigenvalue weighted by Gasteiger charge is 2.32. The van der Waals surface area contributed by atoms with Crippen LogP contribution in [0.25, 0.3) is 0 Å². The standard InChI is InChI=1S/C2B2F4O4/c5-3(6)11-1(9)2(10)12-4(7)8. The highest BCUT2D eigenvalue weighted by atomic mass is 19.2. The van der Waals surface area contributed by atoms with E-state index in [4.69, 9.17) is 0 Å². The van der Waals surface area contributed by atoms with Gasteiger partial charge in [-0.3, -0.25) is 0 Å². The van der Waals surface area contributed by atoms with E-state index < -0.39 is 26.9 Å². The van der Waals surface area contributed by atoms with Crippen molar-refractivity contribution >= 4 is 26.9 Å². The molecule has 0 aromatic heterocycles. The molecule has 4 nitrogen and oxygen atoms in total. The van der Waals surface area contributed by atoms with Gasteiger partial charge in [0.25, 0.3) is 0 Å². The molecule has 0 saturated carbocycles. The normalized spacial score (nSPS) is 8.67. The highest BCUT2D eigenvalue weighted by Crippen LogP contribution is 1.95. The van der Waals surface area contributed by atoms with E-state index in [0.29, 0.717) is 0 Å². The second kappa shape index (κ2) is 4.62. The Balaban J connectivity index is 3.86. The Morgan fingerprint density at radius 1 is 0.833 bits per heavy atom. The molecule has 0 aromatic carbocycles. The molecule has 0 aliphatic carbocycles. The summed E-state index contributed by atoms with van der Waals surface area (Å²) in [6.07, 6.45) is 0. The highest BCUT2D eigenvalue weighted by molar-refractivity contribution is 6.48. The Labute approximate surface area is 64.2 Å². The van der Waals surface area contributed by atoms with Crippen molar-refractivity contribution in [3.05, 3.63) is 0 Å². The first-order valence-electron chi connectivity index (χ1n) is 2.41. The van der Waals surface area contributed by atoms with Crippen LogP contribution in [0.2, 0.25) is 0 Å². The van der Waals surface area contributed by atoms with Gasteiger partial charge in [-0.05, 0) is 0 Å². The van der Waals surface area contributed by atoms with Crippen LogP contribution in [-0.4, -0.2) is 26.9 Å². The van der Waals surface area contributed by atoms with Crippen molar-refractivity contribution in [3.8, 4) is 0 Å². The minimum atomic E-state index is -3.54. The van der Waals surface area contributed by atoms with E-state index in [1.807, 2.05) is 0 Å². The van der Waals surface area contributed by atoms with Crippen LogP contribution in [0.15, 0.2) is 0 Å². The maximum atomic E-state index is 11.1. The molecule has 0 aliphatic rings. The SMILES string of the molecule is O=C(OB(F)F)C(=O)OB(F)F. The van der Waals surface area contributed by atoms with Gasteiger partial charge >= 0.3 is 26.9 Å². The van der Waals surface area contributed by atoms with Gasteiger partial charge in [-0.1, -0.05) is 0 Å². The average molecular weight is 186 g/mol. The molecule has 0 atom stereocenters. The van der Waals surface area contributed by atoms with Gasteiger partial charge in [0.15, 0.2) is 0 Å². The van der Waals surface area contributed by atoms with Gasteiger partial charge in [-0.25, -0.2) is 26.9 Å². The third-order valence-electron chi connectivity index (χ3n) is 0.559. The first-order chi connectivity index (χ1) is 5.43. The summed E-state index contributed by atoms with van der Waals surface area (Å²) in [5.74, 6) is -4.32. The molecule has 0 aliphatic heterocycles. The molecule has 66 valence electrons. The maximum Gasteiger partial charge on any atom is 0.798 e. The van der Waals surface area contributed by atoms with Crippen LogP contribution < -0.4 is 0 Å². The molecule has 0 unspecified atom stereocenters. The van der Waals surface area contributed by atoms with Gasteiger partial charge < -0.3 is 9.31 Å². The summed E-state index contributed by atoms with van der Waals surface area (Å²) in [4.78, 5) is 20.0. The smallest absolute Gasteiger partial charge is 0.470 e. The van der Waals surface area contributed by atoms with Crippen LogP contribution in [0.4, 0.5) is 17.3 Å². The van der Waals surface area contributed by atoms with Gasteiger partial charge in [-0.2, -0.15) is 0 Å². The Morgan fingerprint density at radius 3 is 1.25 bits per heavy atom. The fraction of sp³-hybridized carbons (Fsp3) is 0. The summed E-state index contributed by atoms with van der Waals surface area (Å²) in [5.41, 5.74) is 0. The molecule has 0 spiro atoms. The summed E-state index contributed by atoms with van der Waals surface area (Å²) in [6, 6.07) is 0. The van der Waals surface area contributed by atoms with Gasteiger partial charge in [0.2, 0.25) is 0 Å². The fourth-order valence-corrected chi connectivity index (χ4v) is 0.258. The van der Waals surface area contributed by atoms with Crippen LogP contribution in [0, 0.1) is 0 Å². The molecule has 0 radical (unpaired) electrons. The molecule has 0 saturated heterocycles. The quantitative estimate of drug-likeness (QED) is 0.343. The van der Waals surface area contributed by atoms with Gasteiger partial charge in [0.1, 0.15) is 0 Å². The van der Waals surface area contributed by atoms with Crippen molar-refractivity contribution < 1.29 is 36.2 Å². The van der Waals surface area contributed by atoms with Crippen molar-refractivity contribution in [2.75, 3.05) is 0 Å². The van der Waals surface area contributed by atoms with Crippen LogP contribution >= 0.6 is 0 Å². The van der Waals surface area contributed by atoms with Crippen molar-refractivity contribution in [3.63, 3.8) is 0 Å². The summed E-state index contributed by atoms with van der Waals surface area (Å²) >= 11 is 0. The largest absolute Gasteiger partial charge is 0.798 e. The Kier molecular flexibility index (Phi) is 4.16. The van der Waals surface area contributed by atoms with Crippen molar-refractivity contribution in [1.82, 2.24) is 0 Å². The minimum absolute atomic E-state index is 2.16. The molecular formula is C2B2F4O4. The van der Waals surface area contributed by atoms with E-state index in [0.717, 1.165) is 0 Å². The van der Waals surface area contributed by atoms with Gasteiger partial charge in [-0.15, -0.1) is 0 Å². The fourth-order valence-electron chi connectivity index (χ4n) is 0.258. The molecule has 0 bridgehead atoms. The molecule has 0 fully saturated rings. The molecule has 12 heavy (non-hydrogen) atoms. The third-order valence-corrected chi connectivity index (χ3v) is 0.559. The molecular weight excluding hydrogens is 186 g/mol. The topological polar surface area (TPSA) is 52.6 Å². The van der Waals surface area contributed by atoms with Crippen LogP contribution in [0.3, 0.4) is 0 Å². The Morgan fingerprint density at radius 2 is 1.08 bits per heavy atom. The van der Waals surface area contributed by atoms with Crippen LogP contribution in [0.5, 0.6) is 0 Å². The lowest BCUT2D eigenvalue weighted by atomic mass is 10.3. The van der Waals surface area contributed by atoms with Crippen molar-refractivity contribution in [2.45, 2.75) is 0 Å². The summed E-state index contributed by atoms with van der Waals surface area (Å²) in [7, 11) is -7.08. The average Bonchev–Trinajstić information content (AvgIpc) is 1.84. The van der Waals surface area contributed by atoms with E-state index in [1.165, 1.54) is 0 Å². The number of hydrogen-bond donors (Lipinski definition) is 0. The van der Waals surface area contributed by atoms with E-state index in [-0.39, 0.29) is 0 Å². The lowest BCUT2D eigenvalue weighted by molar-refractivity contribution is -0.158. The monoisotopic (exact) mass is 186 g/mol. The molecule has 0 amide bonds. The van der Waals surface area contributed by atoms with E-state index in [9.17, 15) is 26.9 Å². The summed E-state index contributed by atoms with van der Waals surface area (Å²) in [6.45, 7) is 0. The molecule has 0 N–H and O–H groups in total. The van der Waals surface area contributed by atoms with E-state index >= 15 is 0 Å². The number of hydrogen-bond acceptors (Lipinski definition) is 4. The molecule has 10 heteroatoms. The zero-order valence-electron chi connectivity index (χ0n) is 5.30. The molecule has 0 heterocycles. The Hall–Kier alpha value is -1.21. The maximum absolute atomic E-state index is 11.1. The zero-order valence-corrected chi connectivity index (χ0v) is 5.30. The number of carbonyl (C=O) groups excluding carboxylic acids is 2. The predicted octanol–water partition coefficient (Wildman–Crippen LogP) is -0.0794. The summed E-state index contributed by atoms with van der Waals surface area (Å²) in [5, 5.41) is 0. The van der Waals surface area contributed by atoms with E-state index in [2.05, 4.69) is 9.31 Å². The molecule has 0 rings (SSSR count). The third kappa shape index (κ3) is 4.58.